The van der Waals surface area contributed by atoms with Gasteiger partial charge in [0.15, 0.2) is 11.7 Å². The molecule has 0 aromatic carbocycles. The fourth-order valence-electron chi connectivity index (χ4n) is 2.36. The summed E-state index contributed by atoms with van der Waals surface area (Å²) < 4.78 is 1.82. The summed E-state index contributed by atoms with van der Waals surface area (Å²) >= 11 is 11.9. The average Bonchev–Trinajstić information content (AvgIpc) is 2.90. The van der Waals surface area contributed by atoms with Crippen LogP contribution >= 0.6 is 23.2 Å². The van der Waals surface area contributed by atoms with E-state index < -0.39 is 0 Å². The number of hydrogen-bond acceptors (Lipinski definition) is 5. The molecule has 1 aromatic heterocycles. The Labute approximate surface area is 150 Å². The smallest absolute Gasteiger partial charge is 0.225 e. The number of amidine groups is 1. The molecule has 1 aliphatic heterocycles. The van der Waals surface area contributed by atoms with E-state index in [2.05, 4.69) is 15.4 Å². The van der Waals surface area contributed by atoms with E-state index in [-0.39, 0.29) is 29.6 Å². The van der Waals surface area contributed by atoms with Gasteiger partial charge >= 0.3 is 0 Å². The predicted molar refractivity (Wildman–Crippen MR) is 93.3 cm³/mol. The molecule has 1 amide bonds. The van der Waals surface area contributed by atoms with E-state index in [1.165, 1.54) is 0 Å². The second-order valence-corrected chi connectivity index (χ2v) is 6.01. The van der Waals surface area contributed by atoms with Crippen molar-refractivity contribution in [1.82, 2.24) is 15.1 Å². The summed E-state index contributed by atoms with van der Waals surface area (Å²) in [7, 11) is 0. The molecular formula is C15H18Cl2N6O. The van der Waals surface area contributed by atoms with Crippen molar-refractivity contribution in [3.05, 3.63) is 22.5 Å². The number of halogens is 2. The van der Waals surface area contributed by atoms with Gasteiger partial charge in [-0.25, -0.2) is 4.99 Å². The second kappa shape index (κ2) is 8.71. The first-order chi connectivity index (χ1) is 11.6. The zero-order valence-corrected chi connectivity index (χ0v) is 14.6. The van der Waals surface area contributed by atoms with Gasteiger partial charge in [-0.05, 0) is 25.7 Å². The minimum Gasteiger partial charge on any atom is -0.403 e. The monoisotopic (exact) mass is 368 g/mol. The average molecular weight is 369 g/mol. The maximum atomic E-state index is 11.9. The topological polar surface area (TPSA) is 109 Å². The molecule has 1 aromatic rings. The number of hydrogen-bond donors (Lipinski definition) is 2. The molecule has 2 rings (SSSR count). The van der Waals surface area contributed by atoms with Crippen LogP contribution in [0.5, 0.6) is 0 Å². The summed E-state index contributed by atoms with van der Waals surface area (Å²) in [6, 6.07) is 1.90. The Kier molecular flexibility index (Phi) is 6.64. The Morgan fingerprint density at radius 2 is 2.33 bits per heavy atom. The minimum atomic E-state index is -0.302. The number of nitrogens with two attached hydrogens (primary N) is 1. The Morgan fingerprint density at radius 1 is 1.54 bits per heavy atom. The third-order valence-corrected chi connectivity index (χ3v) is 4.22. The first-order valence-electron chi connectivity index (χ1n) is 7.62. The molecule has 128 valence electrons. The van der Waals surface area contributed by atoms with Crippen molar-refractivity contribution in [1.29, 1.82) is 5.26 Å². The Bertz CT molecular complexity index is 716. The third-order valence-electron chi connectivity index (χ3n) is 3.57. The number of fused-ring (bicyclic) bond motifs is 1. The summed E-state index contributed by atoms with van der Waals surface area (Å²) in [6.45, 7) is 0.778. The van der Waals surface area contributed by atoms with E-state index in [1.54, 1.807) is 0 Å². The molecule has 9 heteroatoms. The summed E-state index contributed by atoms with van der Waals surface area (Å²) in [4.78, 5) is 16.2. The number of carbonyl (C=O) groups excluding carboxylic acids is 1. The number of aliphatic imine (C=N–C) groups is 1. The van der Waals surface area contributed by atoms with Crippen LogP contribution in [0.25, 0.3) is 0 Å². The quantitative estimate of drug-likeness (QED) is 0.359. The van der Waals surface area contributed by atoms with Gasteiger partial charge < -0.3 is 11.1 Å². The lowest BCUT2D eigenvalue weighted by Gasteiger charge is -2.12. The second-order valence-electron chi connectivity index (χ2n) is 5.26. The molecule has 0 atom stereocenters. The molecule has 24 heavy (non-hydrogen) atoms. The van der Waals surface area contributed by atoms with Crippen molar-refractivity contribution < 1.29 is 4.79 Å². The molecule has 7 nitrogen and oxygen atoms in total. The number of aromatic nitrogens is 2. The number of aryl methyl sites for hydroxylation is 1. The van der Waals surface area contributed by atoms with Crippen LogP contribution in [0.1, 0.15) is 31.4 Å². The van der Waals surface area contributed by atoms with Crippen LogP contribution < -0.4 is 11.1 Å². The first-order valence-corrected chi connectivity index (χ1v) is 8.54. The van der Waals surface area contributed by atoms with Gasteiger partial charge in [-0.15, -0.1) is 11.6 Å². The molecular weight excluding hydrogens is 351 g/mol. The first kappa shape index (κ1) is 18.3. The van der Waals surface area contributed by atoms with Crippen molar-refractivity contribution in [2.75, 3.05) is 5.88 Å². The highest BCUT2D eigenvalue weighted by Gasteiger charge is 2.20. The lowest BCUT2D eigenvalue weighted by molar-refractivity contribution is -0.119. The standard InChI is InChI=1S/C15H18Cl2N6O/c16-6-3-5-12(24)20-14(10(8-18)9-19)21-15-13(17)11-4-1-2-7-23(11)22-15/h8H,1-7,18H2,(H,20,21,22,24). The number of alkyl halides is 1. The van der Waals surface area contributed by atoms with Gasteiger partial charge in [-0.1, -0.05) is 11.6 Å². The van der Waals surface area contributed by atoms with Gasteiger partial charge in [0.1, 0.15) is 16.7 Å². The summed E-state index contributed by atoms with van der Waals surface area (Å²) in [6.07, 6.45) is 4.74. The molecule has 0 fully saturated rings. The molecule has 0 aliphatic carbocycles. The van der Waals surface area contributed by atoms with Crippen LogP contribution in [-0.2, 0) is 17.8 Å². The van der Waals surface area contributed by atoms with E-state index in [0.29, 0.717) is 17.3 Å². The van der Waals surface area contributed by atoms with Crippen LogP contribution in [-0.4, -0.2) is 27.4 Å². The maximum Gasteiger partial charge on any atom is 0.225 e. The molecule has 0 radical (unpaired) electrons. The third kappa shape index (κ3) is 4.28. The van der Waals surface area contributed by atoms with Crippen LogP contribution in [0.3, 0.4) is 0 Å². The van der Waals surface area contributed by atoms with Crippen molar-refractivity contribution in [2.45, 2.75) is 38.6 Å². The van der Waals surface area contributed by atoms with E-state index in [0.717, 1.165) is 37.7 Å². The molecule has 1 aliphatic rings. The summed E-state index contributed by atoms with van der Waals surface area (Å²) in [5.41, 5.74) is 6.41. The van der Waals surface area contributed by atoms with Gasteiger partial charge in [0, 0.05) is 25.0 Å². The molecule has 0 spiro atoms. The summed E-state index contributed by atoms with van der Waals surface area (Å²) in [5.74, 6) is 0.383. The Morgan fingerprint density at radius 3 is 2.96 bits per heavy atom. The van der Waals surface area contributed by atoms with E-state index in [4.69, 9.17) is 28.9 Å². The van der Waals surface area contributed by atoms with Crippen molar-refractivity contribution in [3.8, 4) is 6.07 Å². The number of nitriles is 1. The highest BCUT2D eigenvalue weighted by Crippen LogP contribution is 2.31. The van der Waals surface area contributed by atoms with Crippen molar-refractivity contribution in [3.63, 3.8) is 0 Å². The van der Waals surface area contributed by atoms with Crippen molar-refractivity contribution >= 4 is 40.8 Å². The van der Waals surface area contributed by atoms with Gasteiger partial charge in [-0.2, -0.15) is 10.4 Å². The molecule has 3 N–H and O–H groups in total. The van der Waals surface area contributed by atoms with Gasteiger partial charge in [-0.3, -0.25) is 9.48 Å². The normalized spacial score (nSPS) is 14.9. The number of nitrogens with zero attached hydrogens (tertiary/aromatic N) is 4. The number of amides is 1. The molecule has 2 heterocycles. The van der Waals surface area contributed by atoms with E-state index in [9.17, 15) is 10.1 Å². The van der Waals surface area contributed by atoms with Crippen LogP contribution in [0.2, 0.25) is 5.02 Å². The Balaban J connectivity index is 2.33. The molecule has 0 saturated heterocycles. The molecule has 0 bridgehead atoms. The van der Waals surface area contributed by atoms with Crippen molar-refractivity contribution in [2.24, 2.45) is 10.7 Å². The zero-order chi connectivity index (χ0) is 17.5. The maximum absolute atomic E-state index is 11.9. The highest BCUT2D eigenvalue weighted by molar-refractivity contribution is 6.33. The van der Waals surface area contributed by atoms with Gasteiger partial charge in [0.05, 0.1) is 5.69 Å². The fraction of sp³-hybridized carbons (Fsp3) is 0.467. The highest BCUT2D eigenvalue weighted by atomic mass is 35.5. The van der Waals surface area contributed by atoms with Gasteiger partial charge in [0.25, 0.3) is 0 Å². The zero-order valence-electron chi connectivity index (χ0n) is 13.1. The van der Waals surface area contributed by atoms with Crippen LogP contribution in [0, 0.1) is 11.3 Å². The van der Waals surface area contributed by atoms with Gasteiger partial charge in [0.2, 0.25) is 5.91 Å². The number of carbonyl (C=O) groups is 1. The Hall–Kier alpha value is -2.04. The molecule has 0 unspecified atom stereocenters. The SMILES string of the molecule is N#CC(=CN)C(=Nc1nn2c(c1Cl)CCCC2)NC(=O)CCCCl. The van der Waals surface area contributed by atoms with E-state index >= 15 is 0 Å². The lowest BCUT2D eigenvalue weighted by atomic mass is 10.1. The summed E-state index contributed by atoms with van der Waals surface area (Å²) in [5, 5.41) is 16.6. The number of nitrogens with one attached hydrogen (secondary N) is 1. The molecule has 0 saturated carbocycles. The predicted octanol–water partition coefficient (Wildman–Crippen LogP) is 2.40. The minimum absolute atomic E-state index is 0.0382. The van der Waals surface area contributed by atoms with Crippen LogP contribution in [0.4, 0.5) is 5.82 Å². The lowest BCUT2D eigenvalue weighted by Crippen LogP contribution is -2.31. The van der Waals surface area contributed by atoms with E-state index in [1.807, 2.05) is 10.8 Å². The number of rotatable bonds is 5. The largest absolute Gasteiger partial charge is 0.403 e. The fourth-order valence-corrected chi connectivity index (χ4v) is 2.77. The van der Waals surface area contributed by atoms with Crippen LogP contribution in [0.15, 0.2) is 16.8 Å².